The summed E-state index contributed by atoms with van der Waals surface area (Å²) in [6.45, 7) is 8.72. The second-order valence-electron chi connectivity index (χ2n) is 6.94. The minimum atomic E-state index is -0.596. The molecular weight excluding hydrogens is 398 g/mol. The Kier molecular flexibility index (Phi) is 9.68. The Morgan fingerprint density at radius 1 is 0.839 bits per heavy atom. The van der Waals surface area contributed by atoms with Gasteiger partial charge in [0.2, 0.25) is 0 Å². The molecule has 168 valence electrons. The lowest BCUT2D eigenvalue weighted by Crippen LogP contribution is -2.31. The summed E-state index contributed by atoms with van der Waals surface area (Å²) in [6.07, 6.45) is 0.613. The molecule has 0 aliphatic rings. The normalized spacial score (nSPS) is 10.3. The minimum absolute atomic E-state index is 0.248. The Morgan fingerprint density at radius 2 is 1.58 bits per heavy atom. The van der Waals surface area contributed by atoms with Crippen LogP contribution in [-0.2, 0) is 20.7 Å². The summed E-state index contributed by atoms with van der Waals surface area (Å²) in [5.41, 5.74) is 3.23. The van der Waals surface area contributed by atoms with Gasteiger partial charge in [-0.3, -0.25) is 4.79 Å². The van der Waals surface area contributed by atoms with E-state index in [1.54, 1.807) is 6.07 Å². The van der Waals surface area contributed by atoms with Crippen LogP contribution in [0.3, 0.4) is 0 Å². The van der Waals surface area contributed by atoms with E-state index in [-0.39, 0.29) is 19.1 Å². The van der Waals surface area contributed by atoms with E-state index in [9.17, 15) is 9.59 Å². The summed E-state index contributed by atoms with van der Waals surface area (Å²) in [5, 5.41) is 2.74. The summed E-state index contributed by atoms with van der Waals surface area (Å²) in [6, 6.07) is 11.3. The Labute approximate surface area is 183 Å². The maximum Gasteiger partial charge on any atom is 0.344 e. The second kappa shape index (κ2) is 12.5. The standard InChI is InChI=1S/C24H31NO6/c1-5-28-21-10-8-19(14-22(21)29-6-2)11-12-25-23(26)15-31-24(27)16-30-20-9-7-17(3)18(4)13-20/h7-10,13-14H,5-6,11-12,15-16H2,1-4H3,(H,25,26). The fourth-order valence-electron chi connectivity index (χ4n) is 2.78. The fourth-order valence-corrected chi connectivity index (χ4v) is 2.78. The maximum absolute atomic E-state index is 11.9. The fraction of sp³-hybridized carbons (Fsp3) is 0.417. The van der Waals surface area contributed by atoms with E-state index in [0.29, 0.717) is 43.4 Å². The summed E-state index contributed by atoms with van der Waals surface area (Å²) < 4.78 is 21.5. The SMILES string of the molecule is CCOc1ccc(CCNC(=O)COC(=O)COc2ccc(C)c(C)c2)cc1OCC. The first-order valence-corrected chi connectivity index (χ1v) is 10.4. The molecule has 7 nitrogen and oxygen atoms in total. The number of rotatable bonds is 12. The molecule has 0 aliphatic carbocycles. The Hall–Kier alpha value is -3.22. The number of hydrogen-bond acceptors (Lipinski definition) is 6. The second-order valence-corrected chi connectivity index (χ2v) is 6.94. The molecule has 0 heterocycles. The van der Waals surface area contributed by atoms with Gasteiger partial charge in [-0.05, 0) is 75.1 Å². The van der Waals surface area contributed by atoms with E-state index in [4.69, 9.17) is 18.9 Å². The summed E-state index contributed by atoms with van der Waals surface area (Å²) >= 11 is 0. The van der Waals surface area contributed by atoms with Crippen LogP contribution in [0.2, 0.25) is 0 Å². The van der Waals surface area contributed by atoms with Crippen molar-refractivity contribution in [2.24, 2.45) is 0 Å². The molecule has 0 saturated carbocycles. The van der Waals surface area contributed by atoms with Gasteiger partial charge < -0.3 is 24.3 Å². The summed E-state index contributed by atoms with van der Waals surface area (Å²) in [7, 11) is 0. The van der Waals surface area contributed by atoms with Crippen molar-refractivity contribution in [3.8, 4) is 17.2 Å². The first kappa shape index (κ1) is 24.1. The van der Waals surface area contributed by atoms with Crippen LogP contribution in [-0.4, -0.2) is 44.8 Å². The third-order valence-corrected chi connectivity index (χ3v) is 4.54. The van der Waals surface area contributed by atoms with E-state index in [1.807, 2.05) is 58.0 Å². The molecule has 2 rings (SSSR count). The van der Waals surface area contributed by atoms with Crippen molar-refractivity contribution in [3.63, 3.8) is 0 Å². The topological polar surface area (TPSA) is 83.1 Å². The number of hydrogen-bond donors (Lipinski definition) is 1. The third-order valence-electron chi connectivity index (χ3n) is 4.54. The van der Waals surface area contributed by atoms with Gasteiger partial charge in [-0.1, -0.05) is 12.1 Å². The summed E-state index contributed by atoms with van der Waals surface area (Å²) in [4.78, 5) is 23.7. The molecule has 7 heteroatoms. The molecule has 2 aromatic rings. The van der Waals surface area contributed by atoms with Gasteiger partial charge >= 0.3 is 5.97 Å². The van der Waals surface area contributed by atoms with Crippen molar-refractivity contribution in [2.75, 3.05) is 33.0 Å². The lowest BCUT2D eigenvalue weighted by atomic mass is 10.1. The number of amides is 1. The molecule has 0 bridgehead atoms. The average Bonchev–Trinajstić information content (AvgIpc) is 2.75. The molecule has 0 atom stereocenters. The van der Waals surface area contributed by atoms with Crippen molar-refractivity contribution < 1.29 is 28.5 Å². The van der Waals surface area contributed by atoms with E-state index in [1.165, 1.54) is 0 Å². The molecule has 0 unspecified atom stereocenters. The highest BCUT2D eigenvalue weighted by atomic mass is 16.6. The molecule has 0 spiro atoms. The van der Waals surface area contributed by atoms with Gasteiger partial charge in [-0.2, -0.15) is 0 Å². The molecule has 0 aromatic heterocycles. The number of aryl methyl sites for hydroxylation is 2. The van der Waals surface area contributed by atoms with Gasteiger partial charge in [0.25, 0.3) is 5.91 Å². The van der Waals surface area contributed by atoms with Crippen LogP contribution >= 0.6 is 0 Å². The molecule has 2 aromatic carbocycles. The predicted molar refractivity (Wildman–Crippen MR) is 118 cm³/mol. The quantitative estimate of drug-likeness (QED) is 0.521. The van der Waals surface area contributed by atoms with Crippen molar-refractivity contribution in [2.45, 2.75) is 34.1 Å². The smallest absolute Gasteiger partial charge is 0.344 e. The van der Waals surface area contributed by atoms with Crippen LogP contribution in [0.1, 0.15) is 30.5 Å². The van der Waals surface area contributed by atoms with Crippen molar-refractivity contribution in [1.29, 1.82) is 0 Å². The van der Waals surface area contributed by atoms with Crippen LogP contribution in [0.25, 0.3) is 0 Å². The zero-order valence-electron chi connectivity index (χ0n) is 18.7. The Morgan fingerprint density at radius 3 is 2.29 bits per heavy atom. The molecule has 0 aliphatic heterocycles. The molecule has 31 heavy (non-hydrogen) atoms. The highest BCUT2D eigenvalue weighted by molar-refractivity contribution is 5.80. The predicted octanol–water partition coefficient (Wildman–Crippen LogP) is 3.38. The third kappa shape index (κ3) is 8.20. The first-order valence-electron chi connectivity index (χ1n) is 10.4. The van der Waals surface area contributed by atoms with Gasteiger partial charge in [-0.25, -0.2) is 4.79 Å². The highest BCUT2D eigenvalue weighted by Crippen LogP contribution is 2.28. The van der Waals surface area contributed by atoms with Gasteiger partial charge in [0.05, 0.1) is 13.2 Å². The van der Waals surface area contributed by atoms with Crippen LogP contribution in [0.5, 0.6) is 17.2 Å². The Bertz CT molecular complexity index is 880. The van der Waals surface area contributed by atoms with Crippen LogP contribution in [0, 0.1) is 13.8 Å². The number of carbonyl (C=O) groups excluding carboxylic acids is 2. The van der Waals surface area contributed by atoms with E-state index in [2.05, 4.69) is 5.32 Å². The number of benzene rings is 2. The lowest BCUT2D eigenvalue weighted by Gasteiger charge is -2.13. The maximum atomic E-state index is 11.9. The number of nitrogens with one attached hydrogen (secondary N) is 1. The summed E-state index contributed by atoms with van der Waals surface area (Å²) in [5.74, 6) is 1.01. The van der Waals surface area contributed by atoms with Crippen molar-refractivity contribution in [3.05, 3.63) is 53.1 Å². The van der Waals surface area contributed by atoms with Crippen molar-refractivity contribution in [1.82, 2.24) is 5.32 Å². The van der Waals surface area contributed by atoms with E-state index < -0.39 is 5.97 Å². The molecular formula is C24H31NO6. The van der Waals surface area contributed by atoms with E-state index >= 15 is 0 Å². The highest BCUT2D eigenvalue weighted by Gasteiger charge is 2.10. The van der Waals surface area contributed by atoms with Gasteiger partial charge in [0.15, 0.2) is 24.7 Å². The van der Waals surface area contributed by atoms with Crippen LogP contribution < -0.4 is 19.5 Å². The first-order chi connectivity index (χ1) is 14.9. The molecule has 0 saturated heterocycles. The van der Waals surface area contributed by atoms with Gasteiger partial charge in [0.1, 0.15) is 5.75 Å². The number of carbonyl (C=O) groups is 2. The molecule has 0 fully saturated rings. The van der Waals surface area contributed by atoms with Gasteiger partial charge in [0, 0.05) is 6.54 Å². The van der Waals surface area contributed by atoms with Gasteiger partial charge in [-0.15, -0.1) is 0 Å². The molecule has 1 amide bonds. The molecule has 0 radical (unpaired) electrons. The van der Waals surface area contributed by atoms with Crippen LogP contribution in [0.15, 0.2) is 36.4 Å². The molecule has 1 N–H and O–H groups in total. The number of ether oxygens (including phenoxy) is 4. The minimum Gasteiger partial charge on any atom is -0.490 e. The number of esters is 1. The largest absolute Gasteiger partial charge is 0.490 e. The zero-order chi connectivity index (χ0) is 22.6. The van der Waals surface area contributed by atoms with Crippen LogP contribution in [0.4, 0.5) is 0 Å². The zero-order valence-corrected chi connectivity index (χ0v) is 18.7. The van der Waals surface area contributed by atoms with Crippen molar-refractivity contribution >= 4 is 11.9 Å². The monoisotopic (exact) mass is 429 g/mol. The van der Waals surface area contributed by atoms with E-state index in [0.717, 1.165) is 16.7 Å². The average molecular weight is 430 g/mol. The lowest BCUT2D eigenvalue weighted by molar-refractivity contribution is -0.150. The Balaban J connectivity index is 1.70.